The summed E-state index contributed by atoms with van der Waals surface area (Å²) in [5, 5.41) is 5.58. The third kappa shape index (κ3) is 7.84. The second kappa shape index (κ2) is 10.9. The highest BCUT2D eigenvalue weighted by molar-refractivity contribution is 5.99. The number of rotatable bonds is 6. The van der Waals surface area contributed by atoms with Crippen molar-refractivity contribution in [1.29, 1.82) is 0 Å². The van der Waals surface area contributed by atoms with Gasteiger partial charge in [0.15, 0.2) is 0 Å². The number of nitrogens with zero attached hydrogens (tertiary/aromatic N) is 1. The van der Waals surface area contributed by atoms with E-state index < -0.39 is 29.2 Å². The number of carbonyl (C=O) groups is 3. The highest BCUT2D eigenvalue weighted by Gasteiger charge is 2.38. The van der Waals surface area contributed by atoms with Crippen LogP contribution in [-0.2, 0) is 14.3 Å². The summed E-state index contributed by atoms with van der Waals surface area (Å²) in [5.41, 5.74) is 2.90. The number of ether oxygens (including phenoxy) is 1. The highest BCUT2D eigenvalue weighted by Crippen LogP contribution is 2.31. The first-order valence-corrected chi connectivity index (χ1v) is 11.8. The zero-order chi connectivity index (χ0) is 26.6. The first-order chi connectivity index (χ1) is 16.1. The number of nitrogens with one attached hydrogen (secondary N) is 2. The van der Waals surface area contributed by atoms with Gasteiger partial charge in [0.05, 0.1) is 0 Å². The van der Waals surface area contributed by atoms with E-state index in [-0.39, 0.29) is 12.5 Å². The molecular formula is C28H39N3O4. The summed E-state index contributed by atoms with van der Waals surface area (Å²) in [7, 11) is 0. The minimum atomic E-state index is -0.914. The lowest BCUT2D eigenvalue weighted by Crippen LogP contribution is -2.54. The van der Waals surface area contributed by atoms with Crippen molar-refractivity contribution >= 4 is 23.6 Å². The molecule has 0 aliphatic heterocycles. The summed E-state index contributed by atoms with van der Waals surface area (Å²) >= 11 is 0. The molecule has 1 unspecified atom stereocenters. The Hall–Kier alpha value is -3.35. The van der Waals surface area contributed by atoms with Crippen LogP contribution in [-0.4, -0.2) is 40.5 Å². The quantitative estimate of drug-likeness (QED) is 0.575. The average molecular weight is 482 g/mol. The van der Waals surface area contributed by atoms with Gasteiger partial charge in [-0.25, -0.2) is 4.79 Å². The molecule has 1 atom stereocenters. The second-order valence-corrected chi connectivity index (χ2v) is 10.9. The van der Waals surface area contributed by atoms with Crippen LogP contribution in [0.3, 0.4) is 0 Å². The first kappa shape index (κ1) is 27.9. The summed E-state index contributed by atoms with van der Waals surface area (Å²) in [5.74, 6) is -0.725. The molecule has 7 heteroatoms. The van der Waals surface area contributed by atoms with Crippen LogP contribution in [0.5, 0.6) is 0 Å². The number of amides is 3. The molecule has 0 aliphatic carbocycles. The normalized spacial score (nSPS) is 12.5. The van der Waals surface area contributed by atoms with E-state index in [1.54, 1.807) is 20.8 Å². The van der Waals surface area contributed by atoms with Gasteiger partial charge in [0.2, 0.25) is 5.91 Å². The zero-order valence-electron chi connectivity index (χ0n) is 22.4. The van der Waals surface area contributed by atoms with Gasteiger partial charge < -0.3 is 20.3 Å². The van der Waals surface area contributed by atoms with Crippen LogP contribution in [0.1, 0.15) is 69.8 Å². The molecule has 0 fully saturated rings. The van der Waals surface area contributed by atoms with Gasteiger partial charge >= 0.3 is 6.09 Å². The fourth-order valence-corrected chi connectivity index (χ4v) is 3.82. The Morgan fingerprint density at radius 3 is 1.91 bits per heavy atom. The Kier molecular flexibility index (Phi) is 8.71. The van der Waals surface area contributed by atoms with Gasteiger partial charge in [-0.05, 0) is 79.0 Å². The fourth-order valence-electron chi connectivity index (χ4n) is 3.82. The molecule has 0 spiro atoms. The monoisotopic (exact) mass is 481 g/mol. The molecule has 0 saturated heterocycles. The highest BCUT2D eigenvalue weighted by atomic mass is 16.6. The maximum Gasteiger partial charge on any atom is 0.408 e. The number of alkyl carbamates (subject to hydrolysis) is 1. The Morgan fingerprint density at radius 2 is 1.43 bits per heavy atom. The van der Waals surface area contributed by atoms with Crippen LogP contribution in [0.15, 0.2) is 42.5 Å². The van der Waals surface area contributed by atoms with Crippen molar-refractivity contribution in [3.8, 4) is 0 Å². The van der Waals surface area contributed by atoms with Crippen molar-refractivity contribution in [2.45, 2.75) is 79.5 Å². The van der Waals surface area contributed by atoms with Gasteiger partial charge in [0.25, 0.3) is 5.91 Å². The van der Waals surface area contributed by atoms with Crippen LogP contribution >= 0.6 is 0 Å². The van der Waals surface area contributed by atoms with Crippen LogP contribution < -0.4 is 10.6 Å². The number of anilines is 1. The molecule has 7 nitrogen and oxygen atoms in total. The Labute approximate surface area is 209 Å². The van der Waals surface area contributed by atoms with Gasteiger partial charge in [-0.2, -0.15) is 0 Å². The molecule has 2 aromatic rings. The van der Waals surface area contributed by atoms with Crippen LogP contribution in [0, 0.1) is 20.8 Å². The minimum Gasteiger partial charge on any atom is -0.444 e. The predicted molar refractivity (Wildman–Crippen MR) is 139 cm³/mol. The van der Waals surface area contributed by atoms with E-state index in [0.29, 0.717) is 5.56 Å². The lowest BCUT2D eigenvalue weighted by Gasteiger charge is -2.41. The molecule has 3 amide bonds. The molecule has 2 aromatic carbocycles. The van der Waals surface area contributed by atoms with Crippen LogP contribution in [0.2, 0.25) is 0 Å². The molecule has 0 radical (unpaired) electrons. The van der Waals surface area contributed by atoms with E-state index in [0.717, 1.165) is 22.4 Å². The summed E-state index contributed by atoms with van der Waals surface area (Å²) < 4.78 is 5.26. The number of aryl methyl sites for hydroxylation is 3. The molecule has 0 bridgehead atoms. The molecule has 35 heavy (non-hydrogen) atoms. The fraction of sp³-hybridized carbons (Fsp3) is 0.464. The smallest absolute Gasteiger partial charge is 0.408 e. The maximum atomic E-state index is 13.8. The molecular weight excluding hydrogens is 442 g/mol. The largest absolute Gasteiger partial charge is 0.444 e. The molecule has 0 aromatic heterocycles. The van der Waals surface area contributed by atoms with Gasteiger partial charge in [-0.1, -0.05) is 48.0 Å². The SMILES string of the molecule is Cc1ccc(C(C(=O)Nc2c(C)cccc2C)N(C(=O)CNC(=O)OC(C)(C)C)C(C)(C)C)cc1. The summed E-state index contributed by atoms with van der Waals surface area (Å²) in [6.07, 6.45) is -0.688. The Bertz CT molecular complexity index is 1040. The first-order valence-electron chi connectivity index (χ1n) is 11.8. The number of hydrogen-bond acceptors (Lipinski definition) is 4. The van der Waals surface area contributed by atoms with Gasteiger partial charge in [-0.15, -0.1) is 0 Å². The van der Waals surface area contributed by atoms with E-state index in [9.17, 15) is 14.4 Å². The van der Waals surface area contributed by atoms with E-state index in [4.69, 9.17) is 4.74 Å². The van der Waals surface area contributed by atoms with Crippen molar-refractivity contribution in [3.63, 3.8) is 0 Å². The van der Waals surface area contributed by atoms with Crippen LogP contribution in [0.25, 0.3) is 0 Å². The number of hydrogen-bond donors (Lipinski definition) is 2. The van der Waals surface area contributed by atoms with Gasteiger partial charge in [-0.3, -0.25) is 9.59 Å². The molecule has 0 aliphatic rings. The molecule has 0 saturated carbocycles. The van der Waals surface area contributed by atoms with Crippen molar-refractivity contribution in [2.24, 2.45) is 0 Å². The average Bonchev–Trinajstić information content (AvgIpc) is 2.71. The zero-order valence-corrected chi connectivity index (χ0v) is 22.4. The van der Waals surface area contributed by atoms with E-state index in [1.807, 2.05) is 84.0 Å². The minimum absolute atomic E-state index is 0.300. The third-order valence-corrected chi connectivity index (χ3v) is 5.40. The summed E-state index contributed by atoms with van der Waals surface area (Å²) in [6.45, 7) is 16.4. The number of carbonyl (C=O) groups excluding carboxylic acids is 3. The number of para-hydroxylation sites is 1. The molecule has 0 heterocycles. The van der Waals surface area contributed by atoms with Crippen molar-refractivity contribution in [3.05, 3.63) is 64.7 Å². The van der Waals surface area contributed by atoms with Gasteiger partial charge in [0.1, 0.15) is 18.2 Å². The van der Waals surface area contributed by atoms with E-state index in [2.05, 4.69) is 10.6 Å². The number of benzene rings is 2. The Balaban J connectivity index is 2.45. The van der Waals surface area contributed by atoms with Crippen molar-refractivity contribution in [2.75, 3.05) is 11.9 Å². The van der Waals surface area contributed by atoms with Crippen molar-refractivity contribution < 1.29 is 19.1 Å². The molecule has 2 N–H and O–H groups in total. The van der Waals surface area contributed by atoms with Gasteiger partial charge in [0, 0.05) is 11.2 Å². The maximum absolute atomic E-state index is 13.8. The van der Waals surface area contributed by atoms with Crippen LogP contribution in [0.4, 0.5) is 10.5 Å². The lowest BCUT2D eigenvalue weighted by molar-refractivity contribution is -0.144. The third-order valence-electron chi connectivity index (χ3n) is 5.40. The molecule has 2 rings (SSSR count). The van der Waals surface area contributed by atoms with E-state index >= 15 is 0 Å². The van der Waals surface area contributed by atoms with Crippen molar-refractivity contribution in [1.82, 2.24) is 10.2 Å². The predicted octanol–water partition coefficient (Wildman–Crippen LogP) is 5.44. The van der Waals surface area contributed by atoms with E-state index in [1.165, 1.54) is 4.90 Å². The molecule has 190 valence electrons. The topological polar surface area (TPSA) is 87.7 Å². The standard InChI is InChI=1S/C28H39N3O4/c1-18-13-15-21(16-14-18)24(25(33)30-23-19(2)11-10-12-20(23)3)31(27(4,5)6)22(32)17-29-26(34)35-28(7,8)9/h10-16,24H,17H2,1-9H3,(H,29,34)(H,30,33). The summed E-state index contributed by atoms with van der Waals surface area (Å²) in [4.78, 5) is 41.0. The summed E-state index contributed by atoms with van der Waals surface area (Å²) in [6, 6.07) is 12.4. The lowest BCUT2D eigenvalue weighted by atomic mass is 9.95. The Morgan fingerprint density at radius 1 is 0.886 bits per heavy atom. The second-order valence-electron chi connectivity index (χ2n) is 10.9.